The zero-order valence-corrected chi connectivity index (χ0v) is 13.8. The fraction of sp³-hybridized carbons (Fsp3) is 0.571. The quantitative estimate of drug-likeness (QED) is 0.773. The van der Waals surface area contributed by atoms with E-state index in [2.05, 4.69) is 11.6 Å². The van der Waals surface area contributed by atoms with Crippen molar-refractivity contribution in [1.82, 2.24) is 4.72 Å². The molecule has 1 aromatic carbocycles. The Hall–Kier alpha value is -0.560. The van der Waals surface area contributed by atoms with Crippen molar-refractivity contribution in [1.29, 1.82) is 0 Å². The van der Waals surface area contributed by atoms with Gasteiger partial charge in [0.25, 0.3) is 0 Å². The summed E-state index contributed by atoms with van der Waals surface area (Å²) in [7, 11) is -3.50. The molecule has 0 aliphatic carbocycles. The molecule has 2 N–H and O–H groups in total. The van der Waals surface area contributed by atoms with Crippen LogP contribution in [-0.4, -0.2) is 31.6 Å². The molecule has 1 rings (SSSR count). The van der Waals surface area contributed by atoms with Crippen molar-refractivity contribution >= 4 is 21.8 Å². The Balaban J connectivity index is 2.77. The summed E-state index contributed by atoms with van der Waals surface area (Å²) in [5.41, 5.74) is 0.632. The van der Waals surface area contributed by atoms with E-state index >= 15 is 0 Å². The number of aliphatic hydroxyl groups is 1. The molecule has 0 amide bonds. The second kappa shape index (κ2) is 8.02. The first-order valence-electron chi connectivity index (χ1n) is 6.71. The van der Waals surface area contributed by atoms with Gasteiger partial charge < -0.3 is 5.11 Å². The third-order valence-corrected chi connectivity index (χ3v) is 5.68. The van der Waals surface area contributed by atoms with E-state index in [-0.39, 0.29) is 4.90 Å². The van der Waals surface area contributed by atoms with Crippen LogP contribution in [-0.2, 0) is 10.0 Å². The van der Waals surface area contributed by atoms with E-state index in [1.54, 1.807) is 30.0 Å². The molecule has 20 heavy (non-hydrogen) atoms. The van der Waals surface area contributed by atoms with E-state index in [4.69, 9.17) is 0 Å². The van der Waals surface area contributed by atoms with Crippen LogP contribution in [0.15, 0.2) is 29.2 Å². The summed E-state index contributed by atoms with van der Waals surface area (Å²) in [6.07, 6.45) is 2.73. The SMILES string of the molecule is CCC(O)c1cccc(S(=O)(=O)NCCC(C)SC)c1. The normalized spacial score (nSPS) is 15.0. The van der Waals surface area contributed by atoms with Crippen molar-refractivity contribution < 1.29 is 13.5 Å². The molecule has 1 aromatic rings. The number of nitrogens with one attached hydrogen (secondary N) is 1. The van der Waals surface area contributed by atoms with Gasteiger partial charge in [-0.05, 0) is 36.8 Å². The van der Waals surface area contributed by atoms with Gasteiger partial charge in [0.1, 0.15) is 0 Å². The molecule has 0 fully saturated rings. The molecule has 2 atom stereocenters. The Kier molecular flexibility index (Phi) is 7.02. The van der Waals surface area contributed by atoms with Gasteiger partial charge in [-0.1, -0.05) is 26.0 Å². The summed E-state index contributed by atoms with van der Waals surface area (Å²) >= 11 is 1.71. The summed E-state index contributed by atoms with van der Waals surface area (Å²) in [5.74, 6) is 0. The van der Waals surface area contributed by atoms with Crippen molar-refractivity contribution in [3.63, 3.8) is 0 Å². The van der Waals surface area contributed by atoms with Gasteiger partial charge in [0.15, 0.2) is 0 Å². The molecular formula is C14H23NO3S2. The lowest BCUT2D eigenvalue weighted by molar-refractivity contribution is 0.173. The lowest BCUT2D eigenvalue weighted by Gasteiger charge is -2.12. The minimum Gasteiger partial charge on any atom is -0.388 e. The smallest absolute Gasteiger partial charge is 0.240 e. The summed E-state index contributed by atoms with van der Waals surface area (Å²) in [6.45, 7) is 4.34. The van der Waals surface area contributed by atoms with Crippen LogP contribution in [0.3, 0.4) is 0 Å². The number of benzene rings is 1. The van der Waals surface area contributed by atoms with E-state index in [1.165, 1.54) is 6.07 Å². The topological polar surface area (TPSA) is 66.4 Å². The molecule has 0 spiro atoms. The van der Waals surface area contributed by atoms with Gasteiger partial charge >= 0.3 is 0 Å². The van der Waals surface area contributed by atoms with Crippen molar-refractivity contribution in [2.45, 2.75) is 42.9 Å². The summed E-state index contributed by atoms with van der Waals surface area (Å²) in [5, 5.41) is 10.2. The fourth-order valence-corrected chi connectivity index (χ4v) is 3.18. The van der Waals surface area contributed by atoms with E-state index in [9.17, 15) is 13.5 Å². The van der Waals surface area contributed by atoms with Gasteiger partial charge in [-0.15, -0.1) is 0 Å². The molecule has 0 aliphatic rings. The number of aliphatic hydroxyl groups excluding tert-OH is 1. The molecule has 114 valence electrons. The Morgan fingerprint density at radius 2 is 2.10 bits per heavy atom. The maximum atomic E-state index is 12.2. The van der Waals surface area contributed by atoms with Gasteiger partial charge in [-0.25, -0.2) is 13.1 Å². The number of rotatable bonds is 8. The standard InChI is InChI=1S/C14H23NO3S2/c1-4-14(16)12-6-5-7-13(10-12)20(17,18)15-9-8-11(2)19-3/h5-7,10-11,14-16H,4,8-9H2,1-3H3. The van der Waals surface area contributed by atoms with Gasteiger partial charge in [0, 0.05) is 11.8 Å². The van der Waals surface area contributed by atoms with Gasteiger partial charge in [0.05, 0.1) is 11.0 Å². The summed E-state index contributed by atoms with van der Waals surface area (Å²) in [4.78, 5) is 0.208. The molecule has 0 bridgehead atoms. The van der Waals surface area contributed by atoms with Crippen molar-refractivity contribution in [2.75, 3.05) is 12.8 Å². The Morgan fingerprint density at radius 1 is 1.40 bits per heavy atom. The second-order valence-corrected chi connectivity index (χ2v) is 7.77. The highest BCUT2D eigenvalue weighted by Crippen LogP contribution is 2.20. The number of hydrogen-bond donors (Lipinski definition) is 2. The lowest BCUT2D eigenvalue weighted by atomic mass is 10.1. The van der Waals surface area contributed by atoms with Crippen LogP contribution in [0.2, 0.25) is 0 Å². The van der Waals surface area contributed by atoms with E-state index in [0.717, 1.165) is 6.42 Å². The van der Waals surface area contributed by atoms with Crippen LogP contribution in [0.5, 0.6) is 0 Å². The average molecular weight is 317 g/mol. The lowest BCUT2D eigenvalue weighted by Crippen LogP contribution is -2.26. The Bertz CT molecular complexity index is 517. The zero-order chi connectivity index (χ0) is 15.2. The average Bonchev–Trinajstić information content (AvgIpc) is 2.46. The van der Waals surface area contributed by atoms with Crippen LogP contribution in [0.1, 0.15) is 38.4 Å². The van der Waals surface area contributed by atoms with E-state index in [1.807, 2.05) is 13.2 Å². The fourth-order valence-electron chi connectivity index (χ4n) is 1.72. The molecule has 0 heterocycles. The van der Waals surface area contributed by atoms with Crippen molar-refractivity contribution in [3.8, 4) is 0 Å². The largest absolute Gasteiger partial charge is 0.388 e. The molecule has 0 saturated heterocycles. The first-order valence-corrected chi connectivity index (χ1v) is 9.48. The molecule has 2 unspecified atom stereocenters. The van der Waals surface area contributed by atoms with Gasteiger partial charge in [-0.2, -0.15) is 11.8 Å². The molecule has 4 nitrogen and oxygen atoms in total. The maximum absolute atomic E-state index is 12.2. The third-order valence-electron chi connectivity index (χ3n) is 3.19. The molecular weight excluding hydrogens is 294 g/mol. The molecule has 0 aliphatic heterocycles. The zero-order valence-electron chi connectivity index (χ0n) is 12.2. The minimum absolute atomic E-state index is 0.208. The molecule has 0 radical (unpaired) electrons. The highest BCUT2D eigenvalue weighted by Gasteiger charge is 2.16. The van der Waals surface area contributed by atoms with E-state index < -0.39 is 16.1 Å². The predicted octanol–water partition coefficient (Wildman–Crippen LogP) is 2.55. The van der Waals surface area contributed by atoms with Crippen molar-refractivity contribution in [2.24, 2.45) is 0 Å². The minimum atomic E-state index is -3.50. The monoisotopic (exact) mass is 317 g/mol. The number of sulfonamides is 1. The third kappa shape index (κ3) is 5.09. The van der Waals surface area contributed by atoms with Gasteiger partial charge in [0.2, 0.25) is 10.0 Å². The highest BCUT2D eigenvalue weighted by atomic mass is 32.2. The molecule has 0 aromatic heterocycles. The first kappa shape index (κ1) is 17.5. The maximum Gasteiger partial charge on any atom is 0.240 e. The molecule has 6 heteroatoms. The van der Waals surface area contributed by atoms with Crippen LogP contribution >= 0.6 is 11.8 Å². The van der Waals surface area contributed by atoms with Crippen LogP contribution < -0.4 is 4.72 Å². The van der Waals surface area contributed by atoms with Crippen LogP contribution in [0, 0.1) is 0 Å². The van der Waals surface area contributed by atoms with Crippen LogP contribution in [0.4, 0.5) is 0 Å². The highest BCUT2D eigenvalue weighted by molar-refractivity contribution is 7.99. The van der Waals surface area contributed by atoms with Crippen LogP contribution in [0.25, 0.3) is 0 Å². The van der Waals surface area contributed by atoms with E-state index in [0.29, 0.717) is 23.8 Å². The Labute approximate surface area is 126 Å². The number of hydrogen-bond acceptors (Lipinski definition) is 4. The second-order valence-electron chi connectivity index (χ2n) is 4.73. The molecule has 0 saturated carbocycles. The predicted molar refractivity (Wildman–Crippen MR) is 84.5 cm³/mol. The summed E-state index contributed by atoms with van der Waals surface area (Å²) in [6, 6.07) is 6.48. The summed E-state index contributed by atoms with van der Waals surface area (Å²) < 4.78 is 26.9. The Morgan fingerprint density at radius 3 is 2.70 bits per heavy atom. The number of thioether (sulfide) groups is 1. The van der Waals surface area contributed by atoms with Gasteiger partial charge in [-0.3, -0.25) is 0 Å². The van der Waals surface area contributed by atoms with Crippen molar-refractivity contribution in [3.05, 3.63) is 29.8 Å². The first-order chi connectivity index (χ1) is 9.40.